The number of imidazole rings is 1. The lowest BCUT2D eigenvalue weighted by Crippen LogP contribution is -2.48. The maximum absolute atomic E-state index is 13.1. The van der Waals surface area contributed by atoms with E-state index in [1.54, 1.807) is 27.2 Å². The number of methoxy groups -OCH3 is 1. The smallest absolute Gasteiger partial charge is 0.264 e. The van der Waals surface area contributed by atoms with Crippen molar-refractivity contribution < 1.29 is 18.7 Å². The summed E-state index contributed by atoms with van der Waals surface area (Å²) in [4.78, 5) is 17.5. The number of rotatable bonds is 7. The zero-order valence-corrected chi connectivity index (χ0v) is 16.8. The molecule has 29 heavy (non-hydrogen) atoms. The van der Waals surface area contributed by atoms with Crippen LogP contribution in [-0.4, -0.2) is 28.2 Å². The van der Waals surface area contributed by atoms with E-state index in [0.717, 1.165) is 11.3 Å². The third-order valence-electron chi connectivity index (χ3n) is 4.57. The summed E-state index contributed by atoms with van der Waals surface area (Å²) >= 11 is 0. The molecule has 3 rings (SSSR count). The van der Waals surface area contributed by atoms with Crippen molar-refractivity contribution in [3.63, 3.8) is 0 Å². The number of carbonyl (C=O) groups is 1. The molecule has 0 aliphatic rings. The number of aromatic nitrogens is 2. The lowest BCUT2D eigenvalue weighted by Gasteiger charge is -2.28. The van der Waals surface area contributed by atoms with Crippen LogP contribution in [0.3, 0.4) is 0 Å². The Kier molecular flexibility index (Phi) is 5.87. The number of hydrogen-bond donors (Lipinski definition) is 1. The van der Waals surface area contributed by atoms with Gasteiger partial charge in [0.05, 0.1) is 7.11 Å². The standard InChI is InChI=1S/C22H24FN3O3/c1-22(2,29-18-11-7-16(23)8-12-18)21(27)25-19(20-24-13-14-26(20)3)15-5-9-17(28-4)10-6-15/h5-14,19H,1-4H3,(H,25,27). The van der Waals surface area contributed by atoms with Crippen molar-refractivity contribution in [2.24, 2.45) is 7.05 Å². The van der Waals surface area contributed by atoms with Gasteiger partial charge in [-0.1, -0.05) is 12.1 Å². The highest BCUT2D eigenvalue weighted by Crippen LogP contribution is 2.25. The molecule has 1 N–H and O–H groups in total. The second-order valence-corrected chi connectivity index (χ2v) is 7.14. The van der Waals surface area contributed by atoms with Gasteiger partial charge in [-0.05, 0) is 55.8 Å². The minimum Gasteiger partial charge on any atom is -0.497 e. The minimum absolute atomic E-state index is 0.328. The highest BCUT2D eigenvalue weighted by Gasteiger charge is 2.33. The fourth-order valence-electron chi connectivity index (χ4n) is 2.90. The predicted octanol–water partition coefficient (Wildman–Crippen LogP) is 3.63. The molecule has 1 aromatic heterocycles. The summed E-state index contributed by atoms with van der Waals surface area (Å²) < 4.78 is 26.0. The fourth-order valence-corrected chi connectivity index (χ4v) is 2.90. The third kappa shape index (κ3) is 4.74. The molecule has 1 unspecified atom stereocenters. The van der Waals surface area contributed by atoms with E-state index in [2.05, 4.69) is 10.3 Å². The molecular weight excluding hydrogens is 373 g/mol. The van der Waals surface area contributed by atoms with Crippen LogP contribution in [0.2, 0.25) is 0 Å². The van der Waals surface area contributed by atoms with Gasteiger partial charge in [-0.15, -0.1) is 0 Å². The summed E-state index contributed by atoms with van der Waals surface area (Å²) in [6, 6.07) is 12.5. The molecule has 0 fully saturated rings. The number of amides is 1. The Morgan fingerprint density at radius 2 is 1.72 bits per heavy atom. The lowest BCUT2D eigenvalue weighted by atomic mass is 10.0. The van der Waals surface area contributed by atoms with Crippen molar-refractivity contribution in [1.82, 2.24) is 14.9 Å². The summed E-state index contributed by atoms with van der Waals surface area (Å²) in [6.07, 6.45) is 3.50. The summed E-state index contributed by atoms with van der Waals surface area (Å²) in [6.45, 7) is 3.32. The zero-order valence-electron chi connectivity index (χ0n) is 16.8. The molecule has 0 radical (unpaired) electrons. The molecule has 7 heteroatoms. The highest BCUT2D eigenvalue weighted by atomic mass is 19.1. The Bertz CT molecular complexity index is 966. The summed E-state index contributed by atoms with van der Waals surface area (Å²) in [7, 11) is 3.47. The molecule has 0 saturated carbocycles. The van der Waals surface area contributed by atoms with Crippen LogP contribution in [0.4, 0.5) is 4.39 Å². The molecule has 152 valence electrons. The van der Waals surface area contributed by atoms with Crippen LogP contribution in [-0.2, 0) is 11.8 Å². The van der Waals surface area contributed by atoms with Gasteiger partial charge in [-0.2, -0.15) is 0 Å². The van der Waals surface area contributed by atoms with E-state index in [9.17, 15) is 9.18 Å². The molecule has 3 aromatic rings. The maximum Gasteiger partial charge on any atom is 0.264 e. The van der Waals surface area contributed by atoms with E-state index in [-0.39, 0.29) is 11.7 Å². The Morgan fingerprint density at radius 1 is 1.10 bits per heavy atom. The normalized spacial score (nSPS) is 12.3. The average Bonchev–Trinajstić information content (AvgIpc) is 3.13. The van der Waals surface area contributed by atoms with Gasteiger partial charge in [0, 0.05) is 19.4 Å². The van der Waals surface area contributed by atoms with Crippen LogP contribution < -0.4 is 14.8 Å². The van der Waals surface area contributed by atoms with E-state index in [0.29, 0.717) is 11.6 Å². The first kappa shape index (κ1) is 20.4. The van der Waals surface area contributed by atoms with Gasteiger partial charge in [0.15, 0.2) is 5.60 Å². The predicted molar refractivity (Wildman–Crippen MR) is 107 cm³/mol. The molecule has 6 nitrogen and oxygen atoms in total. The number of ether oxygens (including phenoxy) is 2. The Hall–Kier alpha value is -3.35. The maximum atomic E-state index is 13.1. The van der Waals surface area contributed by atoms with E-state index in [1.807, 2.05) is 42.1 Å². The summed E-state index contributed by atoms with van der Waals surface area (Å²) in [5, 5.41) is 3.02. The number of halogens is 1. The van der Waals surface area contributed by atoms with E-state index < -0.39 is 11.6 Å². The number of carbonyl (C=O) groups excluding carboxylic acids is 1. The molecule has 0 bridgehead atoms. The van der Waals surface area contributed by atoms with Crippen LogP contribution in [0.25, 0.3) is 0 Å². The second kappa shape index (κ2) is 8.34. The molecule has 0 aliphatic heterocycles. The Morgan fingerprint density at radius 3 is 2.28 bits per heavy atom. The van der Waals surface area contributed by atoms with Gasteiger partial charge >= 0.3 is 0 Å². The number of aryl methyl sites for hydroxylation is 1. The van der Waals surface area contributed by atoms with Gasteiger partial charge in [0.1, 0.15) is 29.2 Å². The fraction of sp³-hybridized carbons (Fsp3) is 0.273. The molecule has 1 atom stereocenters. The van der Waals surface area contributed by atoms with Crippen molar-refractivity contribution in [2.45, 2.75) is 25.5 Å². The van der Waals surface area contributed by atoms with Crippen molar-refractivity contribution in [2.75, 3.05) is 7.11 Å². The Labute approximate surface area is 169 Å². The van der Waals surface area contributed by atoms with Gasteiger partial charge in [0.25, 0.3) is 5.91 Å². The molecule has 2 aromatic carbocycles. The third-order valence-corrected chi connectivity index (χ3v) is 4.57. The van der Waals surface area contributed by atoms with Gasteiger partial charge in [-0.3, -0.25) is 4.79 Å². The Balaban J connectivity index is 1.85. The molecule has 1 amide bonds. The monoisotopic (exact) mass is 397 g/mol. The zero-order chi connectivity index (χ0) is 21.0. The molecule has 0 aliphatic carbocycles. The van der Waals surface area contributed by atoms with Crippen LogP contribution >= 0.6 is 0 Å². The highest BCUT2D eigenvalue weighted by molar-refractivity contribution is 5.85. The summed E-state index contributed by atoms with van der Waals surface area (Å²) in [5.41, 5.74) is -0.334. The quantitative estimate of drug-likeness (QED) is 0.661. The van der Waals surface area contributed by atoms with Crippen molar-refractivity contribution in [1.29, 1.82) is 0 Å². The van der Waals surface area contributed by atoms with Gasteiger partial charge in [0.2, 0.25) is 0 Å². The summed E-state index contributed by atoms with van der Waals surface area (Å²) in [5.74, 6) is 1.11. The number of benzene rings is 2. The molecule has 1 heterocycles. The number of hydrogen-bond acceptors (Lipinski definition) is 4. The largest absolute Gasteiger partial charge is 0.497 e. The number of nitrogens with zero attached hydrogens (tertiary/aromatic N) is 2. The van der Waals surface area contributed by atoms with Crippen molar-refractivity contribution in [3.8, 4) is 11.5 Å². The first-order chi connectivity index (χ1) is 13.8. The molecule has 0 saturated heterocycles. The van der Waals surface area contributed by atoms with Gasteiger partial charge < -0.3 is 19.4 Å². The lowest BCUT2D eigenvalue weighted by molar-refractivity contribution is -0.134. The first-order valence-electron chi connectivity index (χ1n) is 9.17. The topological polar surface area (TPSA) is 65.4 Å². The minimum atomic E-state index is -1.19. The van der Waals surface area contributed by atoms with Crippen LogP contribution in [0.1, 0.15) is 31.3 Å². The van der Waals surface area contributed by atoms with Crippen molar-refractivity contribution in [3.05, 3.63) is 78.1 Å². The van der Waals surface area contributed by atoms with E-state index in [1.165, 1.54) is 24.3 Å². The first-order valence-corrected chi connectivity index (χ1v) is 9.17. The number of nitrogens with one attached hydrogen (secondary N) is 1. The molecule has 0 spiro atoms. The van der Waals surface area contributed by atoms with Crippen LogP contribution in [0.5, 0.6) is 11.5 Å². The SMILES string of the molecule is COc1ccc(C(NC(=O)C(C)(C)Oc2ccc(F)cc2)c2nccn2C)cc1. The van der Waals surface area contributed by atoms with Crippen LogP contribution in [0.15, 0.2) is 60.9 Å². The van der Waals surface area contributed by atoms with E-state index >= 15 is 0 Å². The second-order valence-electron chi connectivity index (χ2n) is 7.14. The van der Waals surface area contributed by atoms with Crippen LogP contribution in [0, 0.1) is 5.82 Å². The average molecular weight is 397 g/mol. The van der Waals surface area contributed by atoms with Crippen molar-refractivity contribution >= 4 is 5.91 Å². The van der Waals surface area contributed by atoms with Gasteiger partial charge in [-0.25, -0.2) is 9.37 Å². The van der Waals surface area contributed by atoms with E-state index in [4.69, 9.17) is 9.47 Å². The molecular formula is C22H24FN3O3.